The zero-order valence-corrected chi connectivity index (χ0v) is 19.0. The van der Waals surface area contributed by atoms with Crippen molar-refractivity contribution in [2.24, 2.45) is 0 Å². The fraction of sp³-hybridized carbons (Fsp3) is 0.0741. The first-order chi connectivity index (χ1) is 16.0. The van der Waals surface area contributed by atoms with E-state index in [4.69, 9.17) is 16.3 Å². The maximum absolute atomic E-state index is 13.7. The molecule has 0 radical (unpaired) electrons. The molecule has 0 amide bonds. The minimum atomic E-state index is -0.470. The van der Waals surface area contributed by atoms with Crippen LogP contribution in [0.1, 0.15) is 23.7 Å². The lowest BCUT2D eigenvalue weighted by Crippen LogP contribution is -1.95. The molecule has 2 aromatic heterocycles. The minimum Gasteiger partial charge on any atom is -0.437 e. The lowest BCUT2D eigenvalue weighted by molar-refractivity contribution is 0.465. The first-order valence-corrected chi connectivity index (χ1v) is 10.7. The molecule has 0 bridgehead atoms. The Morgan fingerprint density at radius 1 is 1.03 bits per heavy atom. The van der Waals surface area contributed by atoms with E-state index in [0.717, 1.165) is 33.3 Å². The highest BCUT2D eigenvalue weighted by Crippen LogP contribution is 2.35. The molecule has 0 atom stereocenters. The Morgan fingerprint density at radius 2 is 1.85 bits per heavy atom. The first-order valence-electron chi connectivity index (χ1n) is 10.3. The van der Waals surface area contributed by atoms with Gasteiger partial charge >= 0.3 is 0 Å². The first kappa shape index (κ1) is 22.4. The lowest BCUT2D eigenvalue weighted by Gasteiger charge is -2.14. The van der Waals surface area contributed by atoms with Gasteiger partial charge in [-0.15, -0.1) is 0 Å². The SMILES string of the molecule is C=C(/C(=C\C=C/C)c1ccc2ncnc(Oc3ccc(C)nc3)c2c1)c1ccc(F)c(Cl)c1. The van der Waals surface area contributed by atoms with Gasteiger partial charge in [0.05, 0.1) is 22.1 Å². The van der Waals surface area contributed by atoms with Gasteiger partial charge in [0.1, 0.15) is 17.9 Å². The fourth-order valence-corrected chi connectivity index (χ4v) is 3.49. The number of nitrogens with zero attached hydrogens (tertiary/aromatic N) is 3. The van der Waals surface area contributed by atoms with Gasteiger partial charge in [0.2, 0.25) is 5.88 Å². The van der Waals surface area contributed by atoms with Gasteiger partial charge in [0.25, 0.3) is 0 Å². The Balaban J connectivity index is 1.79. The summed E-state index contributed by atoms with van der Waals surface area (Å²) < 4.78 is 19.7. The molecule has 33 heavy (non-hydrogen) atoms. The molecule has 0 unspecified atom stereocenters. The van der Waals surface area contributed by atoms with Crippen LogP contribution in [0.5, 0.6) is 11.6 Å². The van der Waals surface area contributed by atoms with Gasteiger partial charge < -0.3 is 4.74 Å². The van der Waals surface area contributed by atoms with Crippen LogP contribution in [0.3, 0.4) is 0 Å². The Hall–Kier alpha value is -3.83. The highest BCUT2D eigenvalue weighted by molar-refractivity contribution is 6.31. The number of pyridine rings is 1. The summed E-state index contributed by atoms with van der Waals surface area (Å²) in [6, 6.07) is 14.1. The zero-order valence-electron chi connectivity index (χ0n) is 18.2. The molecular weight excluding hydrogens is 437 g/mol. The molecule has 2 aromatic carbocycles. The van der Waals surface area contributed by atoms with E-state index in [1.165, 1.54) is 12.4 Å². The number of hydrogen-bond acceptors (Lipinski definition) is 4. The molecule has 6 heteroatoms. The van der Waals surface area contributed by atoms with E-state index in [2.05, 4.69) is 21.5 Å². The zero-order chi connectivity index (χ0) is 23.4. The molecule has 0 saturated heterocycles. The van der Waals surface area contributed by atoms with Crippen molar-refractivity contribution in [3.63, 3.8) is 0 Å². The summed E-state index contributed by atoms with van der Waals surface area (Å²) >= 11 is 6.01. The van der Waals surface area contributed by atoms with Crippen molar-refractivity contribution >= 4 is 33.7 Å². The highest BCUT2D eigenvalue weighted by Gasteiger charge is 2.14. The monoisotopic (exact) mass is 457 g/mol. The van der Waals surface area contributed by atoms with Crippen LogP contribution in [0.25, 0.3) is 22.0 Å². The third-order valence-corrected chi connectivity index (χ3v) is 5.35. The largest absolute Gasteiger partial charge is 0.437 e. The Bertz CT molecular complexity index is 1390. The Labute approximate surface area is 196 Å². The molecule has 164 valence electrons. The number of halogens is 2. The second-order valence-corrected chi connectivity index (χ2v) is 7.77. The summed E-state index contributed by atoms with van der Waals surface area (Å²) in [7, 11) is 0. The molecule has 4 aromatic rings. The normalized spacial score (nSPS) is 11.8. The van der Waals surface area contributed by atoms with Crippen LogP contribution >= 0.6 is 11.6 Å². The molecule has 0 spiro atoms. The molecule has 4 nitrogen and oxygen atoms in total. The number of hydrogen-bond donors (Lipinski definition) is 0. The van der Waals surface area contributed by atoms with Crippen molar-refractivity contribution in [2.45, 2.75) is 13.8 Å². The summed E-state index contributed by atoms with van der Waals surface area (Å²) in [6.07, 6.45) is 8.93. The van der Waals surface area contributed by atoms with Crippen molar-refractivity contribution in [3.05, 3.63) is 114 Å². The summed E-state index contributed by atoms with van der Waals surface area (Å²) in [5, 5.41) is 0.792. The van der Waals surface area contributed by atoms with Gasteiger partial charge in [0.15, 0.2) is 0 Å². The molecule has 0 saturated carbocycles. The van der Waals surface area contributed by atoms with Crippen molar-refractivity contribution in [1.29, 1.82) is 0 Å². The Morgan fingerprint density at radius 3 is 2.58 bits per heavy atom. The molecule has 0 aliphatic heterocycles. The van der Waals surface area contributed by atoms with Crippen molar-refractivity contribution in [3.8, 4) is 11.6 Å². The second kappa shape index (κ2) is 9.76. The van der Waals surface area contributed by atoms with Crippen LogP contribution < -0.4 is 4.74 Å². The summed E-state index contributed by atoms with van der Waals surface area (Å²) in [5.41, 5.74) is 4.80. The summed E-state index contributed by atoms with van der Waals surface area (Å²) in [4.78, 5) is 13.0. The highest BCUT2D eigenvalue weighted by atomic mass is 35.5. The van der Waals surface area contributed by atoms with Gasteiger partial charge in [-0.25, -0.2) is 14.4 Å². The lowest BCUT2D eigenvalue weighted by atomic mass is 9.92. The van der Waals surface area contributed by atoms with E-state index in [0.29, 0.717) is 17.2 Å². The molecule has 0 aliphatic rings. The topological polar surface area (TPSA) is 47.9 Å². The predicted octanol–water partition coefficient (Wildman–Crippen LogP) is 7.59. The van der Waals surface area contributed by atoms with Gasteiger partial charge in [-0.1, -0.05) is 48.5 Å². The van der Waals surface area contributed by atoms with Crippen LogP contribution in [0.15, 0.2) is 85.9 Å². The number of aryl methyl sites for hydroxylation is 1. The molecular formula is C27H21ClFN3O. The fourth-order valence-electron chi connectivity index (χ4n) is 3.31. The van der Waals surface area contributed by atoms with Crippen LogP contribution in [-0.2, 0) is 0 Å². The third-order valence-electron chi connectivity index (χ3n) is 5.06. The quantitative estimate of drug-likeness (QED) is 0.280. The Kier molecular flexibility index (Phi) is 6.61. The smallest absolute Gasteiger partial charge is 0.230 e. The van der Waals surface area contributed by atoms with Crippen LogP contribution in [-0.4, -0.2) is 15.0 Å². The van der Waals surface area contributed by atoms with Crippen LogP contribution in [0, 0.1) is 12.7 Å². The van der Waals surface area contributed by atoms with E-state index in [1.54, 1.807) is 18.3 Å². The average molecular weight is 458 g/mol. The average Bonchev–Trinajstić information content (AvgIpc) is 2.82. The number of allylic oxidation sites excluding steroid dienone is 5. The predicted molar refractivity (Wildman–Crippen MR) is 132 cm³/mol. The van der Waals surface area contributed by atoms with Crippen LogP contribution in [0.2, 0.25) is 5.02 Å². The maximum Gasteiger partial charge on any atom is 0.230 e. The minimum absolute atomic E-state index is 0.0494. The van der Waals surface area contributed by atoms with Gasteiger partial charge in [0, 0.05) is 5.69 Å². The number of aromatic nitrogens is 3. The third kappa shape index (κ3) is 4.99. The van der Waals surface area contributed by atoms with E-state index >= 15 is 0 Å². The molecule has 4 rings (SSSR count). The molecule has 0 fully saturated rings. The van der Waals surface area contributed by atoms with Crippen molar-refractivity contribution in [2.75, 3.05) is 0 Å². The standard InChI is InChI=1S/C27H21ClFN3O/c1-4-5-6-22(18(3)19-8-11-25(29)24(28)14-19)20-9-12-26-23(13-20)27(32-16-31-26)33-21-10-7-17(2)30-15-21/h4-16H,3H2,1-2H3/b5-4-,22-6+. The number of rotatable bonds is 6. The van der Waals surface area contributed by atoms with Gasteiger partial charge in [-0.2, -0.15) is 0 Å². The van der Waals surface area contributed by atoms with Crippen molar-refractivity contribution < 1.29 is 9.13 Å². The van der Waals surface area contributed by atoms with Gasteiger partial charge in [-0.3, -0.25) is 4.98 Å². The number of fused-ring (bicyclic) bond motifs is 1. The van der Waals surface area contributed by atoms with E-state index in [-0.39, 0.29) is 5.02 Å². The van der Waals surface area contributed by atoms with Crippen molar-refractivity contribution in [1.82, 2.24) is 15.0 Å². The molecule has 0 aliphatic carbocycles. The number of ether oxygens (including phenoxy) is 1. The summed E-state index contributed by atoms with van der Waals surface area (Å²) in [5.74, 6) is 0.539. The van der Waals surface area contributed by atoms with Crippen LogP contribution in [0.4, 0.5) is 4.39 Å². The van der Waals surface area contributed by atoms with Gasteiger partial charge in [-0.05, 0) is 72.5 Å². The van der Waals surface area contributed by atoms with E-state index in [9.17, 15) is 4.39 Å². The van der Waals surface area contributed by atoms with E-state index < -0.39 is 5.82 Å². The van der Waals surface area contributed by atoms with E-state index in [1.807, 2.05) is 62.4 Å². The number of benzene rings is 2. The molecule has 2 heterocycles. The maximum atomic E-state index is 13.7. The second-order valence-electron chi connectivity index (χ2n) is 7.36. The molecule has 0 N–H and O–H groups in total. The summed E-state index contributed by atoms with van der Waals surface area (Å²) in [6.45, 7) is 8.09.